The SMILES string of the molecule is CC(C(=O)N1CCCCCC1)N(C)CC1CCCCC1. The van der Waals surface area contributed by atoms with Gasteiger partial charge in [-0.25, -0.2) is 0 Å². The highest BCUT2D eigenvalue weighted by Crippen LogP contribution is 2.24. The van der Waals surface area contributed by atoms with Crippen LogP contribution in [-0.2, 0) is 4.79 Å². The largest absolute Gasteiger partial charge is 0.341 e. The maximum Gasteiger partial charge on any atom is 0.239 e. The third-order valence-corrected chi connectivity index (χ3v) is 5.21. The van der Waals surface area contributed by atoms with Crippen LogP contribution in [0.4, 0.5) is 0 Å². The summed E-state index contributed by atoms with van der Waals surface area (Å²) in [7, 11) is 2.13. The normalized spacial score (nSPS) is 23.6. The second-order valence-corrected chi connectivity index (χ2v) is 6.86. The van der Waals surface area contributed by atoms with Crippen molar-refractivity contribution in [1.29, 1.82) is 0 Å². The van der Waals surface area contributed by atoms with Crippen molar-refractivity contribution in [3.63, 3.8) is 0 Å². The van der Waals surface area contributed by atoms with Gasteiger partial charge in [-0.2, -0.15) is 0 Å². The number of likely N-dealkylation sites (N-methyl/N-ethyl adjacent to an activating group) is 1. The first-order valence-electron chi connectivity index (χ1n) is 8.67. The van der Waals surface area contributed by atoms with E-state index in [0.29, 0.717) is 5.91 Å². The summed E-state index contributed by atoms with van der Waals surface area (Å²) in [6.07, 6.45) is 11.8. The van der Waals surface area contributed by atoms with E-state index in [1.54, 1.807) is 0 Å². The molecule has 1 aliphatic heterocycles. The molecule has 3 heteroatoms. The molecular weight excluding hydrogens is 248 g/mol. The number of carbonyl (C=O) groups is 1. The lowest BCUT2D eigenvalue weighted by atomic mass is 9.89. The number of carbonyl (C=O) groups excluding carboxylic acids is 1. The summed E-state index contributed by atoms with van der Waals surface area (Å²) in [5, 5.41) is 0. The van der Waals surface area contributed by atoms with Crippen molar-refractivity contribution < 1.29 is 4.79 Å². The Bertz CT molecular complexity index is 291. The number of likely N-dealkylation sites (tertiary alicyclic amines) is 1. The van der Waals surface area contributed by atoms with Crippen LogP contribution in [0.5, 0.6) is 0 Å². The second kappa shape index (κ2) is 8.02. The molecule has 0 N–H and O–H groups in total. The van der Waals surface area contributed by atoms with Gasteiger partial charge in [0.05, 0.1) is 6.04 Å². The average molecular weight is 280 g/mol. The van der Waals surface area contributed by atoms with E-state index in [0.717, 1.165) is 25.6 Å². The van der Waals surface area contributed by atoms with Crippen molar-refractivity contribution in [2.75, 3.05) is 26.7 Å². The van der Waals surface area contributed by atoms with E-state index in [2.05, 4.69) is 23.8 Å². The van der Waals surface area contributed by atoms with Crippen LogP contribution in [0.15, 0.2) is 0 Å². The Kier molecular flexibility index (Phi) is 6.34. The number of hydrogen-bond donors (Lipinski definition) is 0. The summed E-state index contributed by atoms with van der Waals surface area (Å²) in [4.78, 5) is 17.0. The van der Waals surface area contributed by atoms with Gasteiger partial charge >= 0.3 is 0 Å². The monoisotopic (exact) mass is 280 g/mol. The van der Waals surface area contributed by atoms with Crippen LogP contribution in [0.25, 0.3) is 0 Å². The van der Waals surface area contributed by atoms with Gasteiger partial charge in [-0.15, -0.1) is 0 Å². The third-order valence-electron chi connectivity index (χ3n) is 5.21. The predicted molar refractivity (Wildman–Crippen MR) is 83.7 cm³/mol. The number of hydrogen-bond acceptors (Lipinski definition) is 2. The van der Waals surface area contributed by atoms with Gasteiger partial charge in [0.1, 0.15) is 0 Å². The van der Waals surface area contributed by atoms with Crippen molar-refractivity contribution >= 4 is 5.91 Å². The van der Waals surface area contributed by atoms with Crippen molar-refractivity contribution in [3.05, 3.63) is 0 Å². The molecule has 0 aromatic heterocycles. The first kappa shape index (κ1) is 15.8. The molecule has 2 rings (SSSR count). The molecule has 0 aromatic carbocycles. The minimum atomic E-state index is 0.0510. The predicted octanol–water partition coefficient (Wildman–Crippen LogP) is 3.29. The number of nitrogens with zero attached hydrogens (tertiary/aromatic N) is 2. The Hall–Kier alpha value is -0.570. The molecule has 20 heavy (non-hydrogen) atoms. The molecule has 1 heterocycles. The summed E-state index contributed by atoms with van der Waals surface area (Å²) >= 11 is 0. The van der Waals surface area contributed by atoms with Crippen LogP contribution in [0.2, 0.25) is 0 Å². The highest BCUT2D eigenvalue weighted by molar-refractivity contribution is 5.81. The quantitative estimate of drug-likeness (QED) is 0.789. The fourth-order valence-electron chi connectivity index (χ4n) is 3.68. The molecule has 1 amide bonds. The van der Waals surface area contributed by atoms with Crippen molar-refractivity contribution in [1.82, 2.24) is 9.80 Å². The van der Waals surface area contributed by atoms with Gasteiger partial charge in [-0.05, 0) is 45.6 Å². The smallest absolute Gasteiger partial charge is 0.239 e. The van der Waals surface area contributed by atoms with Crippen LogP contribution in [0.1, 0.15) is 64.7 Å². The maximum absolute atomic E-state index is 12.6. The van der Waals surface area contributed by atoms with Gasteiger partial charge in [0.25, 0.3) is 0 Å². The minimum Gasteiger partial charge on any atom is -0.341 e. The molecular formula is C17H32N2O. The van der Waals surface area contributed by atoms with E-state index in [4.69, 9.17) is 0 Å². The van der Waals surface area contributed by atoms with E-state index in [-0.39, 0.29) is 6.04 Å². The Morgan fingerprint density at radius 1 is 1.05 bits per heavy atom. The molecule has 1 atom stereocenters. The molecule has 0 spiro atoms. The van der Waals surface area contributed by atoms with Gasteiger partial charge in [0.15, 0.2) is 0 Å². The summed E-state index contributed by atoms with van der Waals surface area (Å²) in [5.74, 6) is 1.17. The highest BCUT2D eigenvalue weighted by Gasteiger charge is 2.26. The van der Waals surface area contributed by atoms with E-state index >= 15 is 0 Å². The molecule has 116 valence electrons. The lowest BCUT2D eigenvalue weighted by Crippen LogP contribution is -2.47. The number of rotatable bonds is 4. The second-order valence-electron chi connectivity index (χ2n) is 6.86. The van der Waals surface area contributed by atoms with E-state index in [1.165, 1.54) is 57.8 Å². The van der Waals surface area contributed by atoms with Crippen LogP contribution in [0.3, 0.4) is 0 Å². The summed E-state index contributed by atoms with van der Waals surface area (Å²) in [5.41, 5.74) is 0. The van der Waals surface area contributed by atoms with Crippen LogP contribution in [-0.4, -0.2) is 48.4 Å². The average Bonchev–Trinajstić information content (AvgIpc) is 2.75. The molecule has 1 aliphatic carbocycles. The Morgan fingerprint density at radius 2 is 1.60 bits per heavy atom. The van der Waals surface area contributed by atoms with E-state index in [1.807, 2.05) is 0 Å². The topological polar surface area (TPSA) is 23.6 Å². The molecule has 0 bridgehead atoms. The summed E-state index contributed by atoms with van der Waals surface area (Å²) < 4.78 is 0. The van der Waals surface area contributed by atoms with Gasteiger partial charge in [0.2, 0.25) is 5.91 Å². The highest BCUT2D eigenvalue weighted by atomic mass is 16.2. The molecule has 3 nitrogen and oxygen atoms in total. The standard InChI is InChI=1S/C17H32N2O/c1-15(17(20)19-12-8-3-4-9-13-19)18(2)14-16-10-6-5-7-11-16/h15-16H,3-14H2,1-2H3. The van der Waals surface area contributed by atoms with Crippen molar-refractivity contribution in [2.45, 2.75) is 70.8 Å². The molecule has 1 unspecified atom stereocenters. The molecule has 0 aromatic rings. The van der Waals surface area contributed by atoms with Gasteiger partial charge in [-0.1, -0.05) is 32.1 Å². The van der Waals surface area contributed by atoms with Gasteiger partial charge < -0.3 is 4.90 Å². The Labute approximate surface area is 124 Å². The van der Waals surface area contributed by atoms with Crippen LogP contribution in [0, 0.1) is 5.92 Å². The zero-order valence-corrected chi connectivity index (χ0v) is 13.4. The van der Waals surface area contributed by atoms with Crippen LogP contribution >= 0.6 is 0 Å². The summed E-state index contributed by atoms with van der Waals surface area (Å²) in [6.45, 7) is 5.14. The molecule has 0 radical (unpaired) electrons. The fraction of sp³-hybridized carbons (Fsp3) is 0.941. The lowest BCUT2D eigenvalue weighted by Gasteiger charge is -2.33. The maximum atomic E-state index is 12.6. The van der Waals surface area contributed by atoms with Gasteiger partial charge in [-0.3, -0.25) is 9.69 Å². The third kappa shape index (κ3) is 4.47. The molecule has 1 saturated heterocycles. The molecule has 2 fully saturated rings. The lowest BCUT2D eigenvalue weighted by molar-refractivity contribution is -0.136. The first-order valence-corrected chi connectivity index (χ1v) is 8.67. The Balaban J connectivity index is 1.81. The van der Waals surface area contributed by atoms with Crippen molar-refractivity contribution in [3.8, 4) is 0 Å². The Morgan fingerprint density at radius 3 is 2.20 bits per heavy atom. The molecule has 1 saturated carbocycles. The van der Waals surface area contributed by atoms with Gasteiger partial charge in [0, 0.05) is 19.6 Å². The number of amides is 1. The van der Waals surface area contributed by atoms with Crippen LogP contribution < -0.4 is 0 Å². The zero-order valence-electron chi connectivity index (χ0n) is 13.4. The first-order chi connectivity index (χ1) is 9.68. The minimum absolute atomic E-state index is 0.0510. The fourth-order valence-corrected chi connectivity index (χ4v) is 3.68. The molecule has 2 aliphatic rings. The van der Waals surface area contributed by atoms with Crippen molar-refractivity contribution in [2.24, 2.45) is 5.92 Å². The zero-order chi connectivity index (χ0) is 14.4. The summed E-state index contributed by atoms with van der Waals surface area (Å²) in [6, 6.07) is 0.0510. The van der Waals surface area contributed by atoms with E-state index < -0.39 is 0 Å². The van der Waals surface area contributed by atoms with E-state index in [9.17, 15) is 4.79 Å².